The molecule has 0 spiro atoms. The molecule has 80 valence electrons. The first-order valence-corrected chi connectivity index (χ1v) is 6.32. The van der Waals surface area contributed by atoms with Gasteiger partial charge in [0.1, 0.15) is 0 Å². The van der Waals surface area contributed by atoms with Gasteiger partial charge in [0, 0.05) is 0 Å². The summed E-state index contributed by atoms with van der Waals surface area (Å²) < 4.78 is 5.26. The Kier molecular flexibility index (Phi) is 3.28. The Labute approximate surface area is 84.9 Å². The third kappa shape index (κ3) is 3.35. The Morgan fingerprint density at radius 2 is 1.57 bits per heavy atom. The summed E-state index contributed by atoms with van der Waals surface area (Å²) in [4.78, 5) is 19.6. The molecule has 0 heterocycles. The summed E-state index contributed by atoms with van der Waals surface area (Å²) in [6.45, 7) is 5.39. The molecular formula is C10H17O3P. The van der Waals surface area contributed by atoms with Crippen molar-refractivity contribution in [3.8, 4) is 0 Å². The molecule has 0 bridgehead atoms. The molecule has 0 unspecified atom stereocenters. The van der Waals surface area contributed by atoms with E-state index in [0.717, 1.165) is 0 Å². The topological polar surface area (TPSA) is 49.7 Å². The van der Waals surface area contributed by atoms with Crippen LogP contribution in [0.2, 0.25) is 0 Å². The van der Waals surface area contributed by atoms with Crippen LogP contribution in [0.5, 0.6) is 0 Å². The van der Waals surface area contributed by atoms with E-state index in [2.05, 4.69) is 0 Å². The predicted octanol–water partition coefficient (Wildman–Crippen LogP) is 1.61. The van der Waals surface area contributed by atoms with Crippen LogP contribution in [0, 0.1) is 0 Å². The summed E-state index contributed by atoms with van der Waals surface area (Å²) in [5.41, 5.74) is -0.550. The zero-order valence-corrected chi connectivity index (χ0v) is 9.69. The van der Waals surface area contributed by atoms with Crippen LogP contribution in [-0.2, 0) is 4.52 Å². The van der Waals surface area contributed by atoms with Gasteiger partial charge in [-0.25, -0.2) is 0 Å². The van der Waals surface area contributed by atoms with E-state index in [-0.39, 0.29) is 0 Å². The number of hydrogen-bond acceptors (Lipinski definition) is 3. The molecule has 4 heteroatoms. The van der Waals surface area contributed by atoms with Crippen molar-refractivity contribution in [2.24, 2.45) is 0 Å². The van der Waals surface area contributed by atoms with E-state index < -0.39 is 13.5 Å². The van der Waals surface area contributed by atoms with Crippen LogP contribution in [0.4, 0.5) is 0 Å². The fourth-order valence-electron chi connectivity index (χ4n) is 1.14. The molecule has 2 N–H and O–H groups in total. The molecule has 14 heavy (non-hydrogen) atoms. The molecule has 3 nitrogen and oxygen atoms in total. The van der Waals surface area contributed by atoms with Gasteiger partial charge >= 0.3 is 84.3 Å². The number of benzene rings is 1. The second-order valence-electron chi connectivity index (χ2n) is 4.19. The van der Waals surface area contributed by atoms with E-state index in [1.54, 1.807) is 45.0 Å². The Bertz CT molecular complexity index is 290. The minimum absolute atomic E-state index is 0.468. The summed E-state index contributed by atoms with van der Waals surface area (Å²) in [6.07, 6.45) is 0. The maximum absolute atomic E-state index is 9.79. The van der Waals surface area contributed by atoms with Gasteiger partial charge in [-0.05, 0) is 0 Å². The second-order valence-corrected chi connectivity index (χ2v) is 6.19. The van der Waals surface area contributed by atoms with Crippen molar-refractivity contribution in [2.75, 3.05) is 0 Å². The van der Waals surface area contributed by atoms with Gasteiger partial charge in [0.2, 0.25) is 0 Å². The van der Waals surface area contributed by atoms with Crippen LogP contribution in [0.25, 0.3) is 0 Å². The van der Waals surface area contributed by atoms with Crippen molar-refractivity contribution in [1.82, 2.24) is 0 Å². The quantitative estimate of drug-likeness (QED) is 0.738. The zero-order chi connectivity index (χ0) is 10.8. The van der Waals surface area contributed by atoms with E-state index in [4.69, 9.17) is 4.52 Å². The first-order chi connectivity index (χ1) is 6.31. The Morgan fingerprint density at radius 1 is 1.07 bits per heavy atom. The van der Waals surface area contributed by atoms with Gasteiger partial charge in [-0.1, -0.05) is 0 Å². The summed E-state index contributed by atoms with van der Waals surface area (Å²) in [5, 5.41) is 0.468. The van der Waals surface area contributed by atoms with Crippen LogP contribution in [0.3, 0.4) is 0 Å². The Balaban J connectivity index is 2.86. The van der Waals surface area contributed by atoms with E-state index in [1.807, 2.05) is 6.07 Å². The fourth-order valence-corrected chi connectivity index (χ4v) is 2.74. The van der Waals surface area contributed by atoms with E-state index in [1.165, 1.54) is 0 Å². The van der Waals surface area contributed by atoms with E-state index >= 15 is 0 Å². The fraction of sp³-hybridized carbons (Fsp3) is 0.400. The van der Waals surface area contributed by atoms with Crippen molar-refractivity contribution < 1.29 is 14.3 Å². The summed E-state index contributed by atoms with van der Waals surface area (Å²) in [5.74, 6) is 0. The van der Waals surface area contributed by atoms with Crippen molar-refractivity contribution in [1.29, 1.82) is 0 Å². The molecule has 0 amide bonds. The second kappa shape index (κ2) is 3.95. The van der Waals surface area contributed by atoms with Crippen LogP contribution in [-0.4, -0.2) is 15.4 Å². The van der Waals surface area contributed by atoms with E-state index in [0.29, 0.717) is 5.30 Å². The SMILES string of the molecule is CC(C)(C)O[PH](O)(O)c1ccccc1. The monoisotopic (exact) mass is 216 g/mol. The predicted molar refractivity (Wildman–Crippen MR) is 59.7 cm³/mol. The normalized spacial score (nSPS) is 14.1. The van der Waals surface area contributed by atoms with Gasteiger partial charge < -0.3 is 0 Å². The Morgan fingerprint density at radius 3 is 2.00 bits per heavy atom. The first kappa shape index (κ1) is 11.6. The molecule has 1 rings (SSSR count). The zero-order valence-electron chi connectivity index (χ0n) is 8.69. The molecule has 0 aliphatic heterocycles. The van der Waals surface area contributed by atoms with Crippen molar-refractivity contribution in [3.05, 3.63) is 30.3 Å². The van der Waals surface area contributed by atoms with Crippen LogP contribution >= 0.6 is 7.94 Å². The van der Waals surface area contributed by atoms with Gasteiger partial charge in [0.05, 0.1) is 0 Å². The molecule has 1 aromatic carbocycles. The van der Waals surface area contributed by atoms with Gasteiger partial charge in [0.15, 0.2) is 0 Å². The number of hydrogen-bond donors (Lipinski definition) is 2. The maximum atomic E-state index is 9.79. The van der Waals surface area contributed by atoms with Gasteiger partial charge in [0.25, 0.3) is 0 Å². The third-order valence-corrected chi connectivity index (χ3v) is 3.58. The molecule has 0 aliphatic rings. The summed E-state index contributed by atoms with van der Waals surface area (Å²) in [7, 11) is -3.71. The van der Waals surface area contributed by atoms with Gasteiger partial charge in [-0.15, -0.1) is 0 Å². The molecule has 0 radical (unpaired) electrons. The van der Waals surface area contributed by atoms with E-state index in [9.17, 15) is 9.79 Å². The minimum atomic E-state index is -3.71. The summed E-state index contributed by atoms with van der Waals surface area (Å²) in [6, 6.07) is 8.67. The van der Waals surface area contributed by atoms with Gasteiger partial charge in [-0.3, -0.25) is 0 Å². The van der Waals surface area contributed by atoms with Crippen molar-refractivity contribution in [3.63, 3.8) is 0 Å². The van der Waals surface area contributed by atoms with Gasteiger partial charge in [-0.2, -0.15) is 0 Å². The standard InChI is InChI=1S/C10H17O3P/c1-10(2,3)13-14(11,12)9-7-5-4-6-8-9/h4-8,11-12,14H,1-3H3. The number of rotatable bonds is 2. The molecular weight excluding hydrogens is 199 g/mol. The van der Waals surface area contributed by atoms with Crippen LogP contribution in [0.15, 0.2) is 30.3 Å². The summed E-state index contributed by atoms with van der Waals surface area (Å²) >= 11 is 0. The van der Waals surface area contributed by atoms with Crippen molar-refractivity contribution >= 4 is 13.2 Å². The molecule has 0 fully saturated rings. The molecule has 0 saturated heterocycles. The van der Waals surface area contributed by atoms with Crippen LogP contribution in [0.1, 0.15) is 20.8 Å². The molecule has 1 aromatic rings. The average molecular weight is 216 g/mol. The molecule has 0 aromatic heterocycles. The molecule has 0 saturated carbocycles. The van der Waals surface area contributed by atoms with Crippen LogP contribution < -0.4 is 5.30 Å². The first-order valence-electron chi connectivity index (χ1n) is 4.52. The average Bonchev–Trinajstić information content (AvgIpc) is 2.01. The Hall–Kier alpha value is -0.470. The molecule has 0 atom stereocenters. The molecule has 0 aliphatic carbocycles. The third-order valence-electron chi connectivity index (χ3n) is 1.60. The van der Waals surface area contributed by atoms with Crippen molar-refractivity contribution in [2.45, 2.75) is 26.4 Å².